The van der Waals surface area contributed by atoms with E-state index in [2.05, 4.69) is 36.2 Å². The maximum Gasteiger partial charge on any atom is 0.308 e. The van der Waals surface area contributed by atoms with Gasteiger partial charge in [0.2, 0.25) is 0 Å². The Balaban J connectivity index is 1.65. The monoisotopic (exact) mass is 405 g/mol. The molecule has 0 aromatic heterocycles. The average Bonchev–Trinajstić information content (AvgIpc) is 3.22. The van der Waals surface area contributed by atoms with E-state index in [1.807, 2.05) is 25.1 Å². The van der Waals surface area contributed by atoms with Crippen LogP contribution in [0.15, 0.2) is 60.7 Å². The van der Waals surface area contributed by atoms with Crippen molar-refractivity contribution < 1.29 is 19.0 Å². The van der Waals surface area contributed by atoms with Gasteiger partial charge in [-0.1, -0.05) is 24.8 Å². The van der Waals surface area contributed by atoms with Crippen molar-refractivity contribution in [1.29, 1.82) is 0 Å². The number of carbonyl (C=O) groups excluding carboxylic acids is 1. The van der Waals surface area contributed by atoms with E-state index < -0.39 is 0 Å². The Labute approximate surface area is 177 Å². The van der Waals surface area contributed by atoms with Crippen LogP contribution in [0.3, 0.4) is 0 Å². The van der Waals surface area contributed by atoms with Gasteiger partial charge in [0, 0.05) is 18.5 Å². The van der Waals surface area contributed by atoms with Crippen molar-refractivity contribution >= 4 is 11.7 Å². The van der Waals surface area contributed by atoms with Crippen LogP contribution < -0.4 is 19.5 Å². The lowest BCUT2D eigenvalue weighted by Gasteiger charge is -2.37. The Morgan fingerprint density at radius 1 is 1.17 bits per heavy atom. The van der Waals surface area contributed by atoms with E-state index in [1.165, 1.54) is 12.5 Å². The van der Waals surface area contributed by atoms with E-state index in [0.717, 1.165) is 29.0 Å². The summed E-state index contributed by atoms with van der Waals surface area (Å²) in [5.74, 6) is 2.20. The van der Waals surface area contributed by atoms with Crippen LogP contribution in [0.4, 0.5) is 5.69 Å². The molecule has 0 amide bonds. The lowest BCUT2D eigenvalue weighted by molar-refractivity contribution is -0.132. The first-order chi connectivity index (χ1) is 14.5. The highest BCUT2D eigenvalue weighted by molar-refractivity contribution is 5.70. The number of hydrogen-bond acceptors (Lipinski definition) is 5. The normalized spacial score (nSPS) is 21.2. The summed E-state index contributed by atoms with van der Waals surface area (Å²) in [6.07, 6.45) is 5.54. The van der Waals surface area contributed by atoms with Crippen LogP contribution in [0.5, 0.6) is 17.2 Å². The number of rotatable bonds is 6. The Kier molecular flexibility index (Phi) is 5.53. The number of fused-ring (bicyclic) bond motifs is 3. The smallest absolute Gasteiger partial charge is 0.308 e. The van der Waals surface area contributed by atoms with Gasteiger partial charge in [0.25, 0.3) is 0 Å². The quantitative estimate of drug-likeness (QED) is 0.396. The highest BCUT2D eigenvalue weighted by atomic mass is 16.6. The third-order valence-corrected chi connectivity index (χ3v) is 5.62. The van der Waals surface area contributed by atoms with Crippen LogP contribution >= 0.6 is 0 Å². The lowest BCUT2D eigenvalue weighted by atomic mass is 9.77. The number of esters is 1. The van der Waals surface area contributed by atoms with Crippen LogP contribution in [0.2, 0.25) is 0 Å². The number of nitrogens with one attached hydrogen (secondary N) is 1. The van der Waals surface area contributed by atoms with Gasteiger partial charge in [0.05, 0.1) is 13.2 Å². The van der Waals surface area contributed by atoms with Crippen molar-refractivity contribution in [2.24, 2.45) is 5.92 Å². The van der Waals surface area contributed by atoms with Crippen molar-refractivity contribution in [3.8, 4) is 17.2 Å². The first-order valence-electron chi connectivity index (χ1n) is 10.2. The molecule has 30 heavy (non-hydrogen) atoms. The Bertz CT molecular complexity index is 1010. The zero-order chi connectivity index (χ0) is 21.3. The minimum Gasteiger partial charge on any atom is -0.493 e. The Hall–Kier alpha value is -3.21. The average molecular weight is 405 g/mol. The van der Waals surface area contributed by atoms with Crippen molar-refractivity contribution in [2.45, 2.75) is 32.2 Å². The minimum absolute atomic E-state index is 0.125. The summed E-state index contributed by atoms with van der Waals surface area (Å²) in [5.41, 5.74) is 4.47. The molecule has 156 valence electrons. The van der Waals surface area contributed by atoms with Gasteiger partial charge in [-0.25, -0.2) is 0 Å². The fourth-order valence-electron chi connectivity index (χ4n) is 4.32. The molecular weight excluding hydrogens is 378 g/mol. The molecule has 5 nitrogen and oxygen atoms in total. The number of hydrogen-bond donors (Lipinski definition) is 1. The van der Waals surface area contributed by atoms with Crippen molar-refractivity contribution in [3.05, 3.63) is 71.8 Å². The first-order valence-corrected chi connectivity index (χ1v) is 10.2. The molecule has 2 aromatic rings. The predicted molar refractivity (Wildman–Crippen MR) is 117 cm³/mol. The molecule has 3 unspecified atom stereocenters. The second kappa shape index (κ2) is 8.27. The van der Waals surface area contributed by atoms with Crippen LogP contribution in [-0.2, 0) is 4.79 Å². The third kappa shape index (κ3) is 3.92. The Morgan fingerprint density at radius 2 is 2.00 bits per heavy atom. The molecule has 2 aromatic carbocycles. The van der Waals surface area contributed by atoms with E-state index in [-0.39, 0.29) is 12.0 Å². The van der Waals surface area contributed by atoms with Crippen molar-refractivity contribution in [3.63, 3.8) is 0 Å². The molecule has 1 aliphatic carbocycles. The molecule has 1 heterocycles. The molecule has 5 heteroatoms. The second-order valence-corrected chi connectivity index (χ2v) is 7.97. The summed E-state index contributed by atoms with van der Waals surface area (Å²) in [4.78, 5) is 11.4. The summed E-state index contributed by atoms with van der Waals surface area (Å²) in [7, 11) is 1.59. The molecule has 0 radical (unpaired) electrons. The molecule has 0 bridgehead atoms. The summed E-state index contributed by atoms with van der Waals surface area (Å²) >= 11 is 0. The SMILES string of the molecule is C=C(C)COc1ccc2c(c1)C1C=CCC1C(c1ccc(OC(C)=O)c(OC)c1)N2. The van der Waals surface area contributed by atoms with Crippen LogP contribution in [0, 0.1) is 5.92 Å². The van der Waals surface area contributed by atoms with E-state index in [4.69, 9.17) is 14.2 Å². The number of anilines is 1. The summed E-state index contributed by atoms with van der Waals surface area (Å²) in [6, 6.07) is 12.1. The Morgan fingerprint density at radius 3 is 2.73 bits per heavy atom. The van der Waals surface area contributed by atoms with Gasteiger partial charge >= 0.3 is 5.97 Å². The van der Waals surface area contributed by atoms with Gasteiger partial charge in [0.15, 0.2) is 11.5 Å². The second-order valence-electron chi connectivity index (χ2n) is 7.97. The molecule has 2 aliphatic rings. The molecule has 1 N–H and O–H groups in total. The summed E-state index contributed by atoms with van der Waals surface area (Å²) < 4.78 is 16.6. The zero-order valence-corrected chi connectivity index (χ0v) is 17.6. The number of methoxy groups -OCH3 is 1. The molecule has 0 fully saturated rings. The molecular formula is C25H27NO4. The molecule has 4 rings (SSSR count). The number of carbonyl (C=O) groups is 1. The van der Waals surface area contributed by atoms with Gasteiger partial charge in [-0.15, -0.1) is 0 Å². The van der Waals surface area contributed by atoms with Crippen molar-refractivity contribution in [1.82, 2.24) is 0 Å². The van der Waals surface area contributed by atoms with E-state index in [0.29, 0.717) is 29.9 Å². The van der Waals surface area contributed by atoms with Gasteiger partial charge < -0.3 is 19.5 Å². The fourth-order valence-corrected chi connectivity index (χ4v) is 4.32. The van der Waals surface area contributed by atoms with Crippen LogP contribution in [0.25, 0.3) is 0 Å². The maximum atomic E-state index is 11.4. The number of allylic oxidation sites excluding steroid dienone is 2. The van der Waals surface area contributed by atoms with Crippen LogP contribution in [-0.4, -0.2) is 19.7 Å². The highest BCUT2D eigenvalue weighted by Gasteiger charge is 2.38. The first kappa shape index (κ1) is 20.1. The standard InChI is InChI=1S/C25H27NO4/c1-15(2)14-29-18-9-10-22-21(13-18)19-6-5-7-20(19)25(26-22)17-8-11-23(30-16(3)27)24(12-17)28-4/h5-6,8-13,19-20,25-26H,1,7,14H2,2-4H3. The largest absolute Gasteiger partial charge is 0.493 e. The van der Waals surface area contributed by atoms with Gasteiger partial charge in [0.1, 0.15) is 12.4 Å². The number of ether oxygens (including phenoxy) is 3. The molecule has 3 atom stereocenters. The van der Waals surface area contributed by atoms with E-state index in [9.17, 15) is 4.79 Å². The van der Waals surface area contributed by atoms with Gasteiger partial charge in [-0.2, -0.15) is 0 Å². The predicted octanol–water partition coefficient (Wildman–Crippen LogP) is 5.40. The van der Waals surface area contributed by atoms with Crippen LogP contribution in [0.1, 0.15) is 43.4 Å². The van der Waals surface area contributed by atoms with E-state index in [1.54, 1.807) is 13.2 Å². The molecule has 0 spiro atoms. The minimum atomic E-state index is -0.365. The fraction of sp³-hybridized carbons (Fsp3) is 0.320. The highest BCUT2D eigenvalue weighted by Crippen LogP contribution is 2.51. The topological polar surface area (TPSA) is 56.8 Å². The lowest BCUT2D eigenvalue weighted by Crippen LogP contribution is -2.29. The molecule has 0 saturated heterocycles. The third-order valence-electron chi connectivity index (χ3n) is 5.62. The van der Waals surface area contributed by atoms with E-state index >= 15 is 0 Å². The van der Waals surface area contributed by atoms with Gasteiger partial charge in [-0.05, 0) is 66.3 Å². The van der Waals surface area contributed by atoms with Crippen molar-refractivity contribution in [2.75, 3.05) is 19.0 Å². The summed E-state index contributed by atoms with van der Waals surface area (Å²) in [6.45, 7) is 7.77. The maximum absolute atomic E-state index is 11.4. The van der Waals surface area contributed by atoms with Gasteiger partial charge in [-0.3, -0.25) is 4.79 Å². The number of benzene rings is 2. The summed E-state index contributed by atoms with van der Waals surface area (Å²) in [5, 5.41) is 3.71. The zero-order valence-electron chi connectivity index (χ0n) is 17.6. The molecule has 0 saturated carbocycles. The molecule has 1 aliphatic heterocycles.